The fourth-order valence-corrected chi connectivity index (χ4v) is 2.86. The van der Waals surface area contributed by atoms with Crippen molar-refractivity contribution in [3.05, 3.63) is 89.0 Å². The summed E-state index contributed by atoms with van der Waals surface area (Å²) in [4.78, 5) is 12.2. The van der Waals surface area contributed by atoms with Gasteiger partial charge in [0, 0.05) is 5.56 Å². The van der Waals surface area contributed by atoms with E-state index < -0.39 is 0 Å². The molecular weight excluding hydrogens is 268 g/mol. The normalized spacial score (nSPS) is 14.4. The lowest BCUT2D eigenvalue weighted by Crippen LogP contribution is -2.05. The Morgan fingerprint density at radius 1 is 0.864 bits per heavy atom. The molecule has 0 spiro atoms. The van der Waals surface area contributed by atoms with Crippen molar-refractivity contribution >= 4 is 11.9 Å². The highest BCUT2D eigenvalue weighted by Gasteiger charge is 2.11. The molecule has 110 valence electrons. The predicted octanol–water partition coefficient (Wildman–Crippen LogP) is 5.02. The van der Waals surface area contributed by atoms with Crippen LogP contribution < -0.4 is 0 Å². The van der Waals surface area contributed by atoms with Gasteiger partial charge in [0.05, 0.1) is 0 Å². The summed E-state index contributed by atoms with van der Waals surface area (Å²) < 4.78 is 0. The van der Waals surface area contributed by atoms with Crippen LogP contribution in [0.5, 0.6) is 0 Å². The van der Waals surface area contributed by atoms with Crippen molar-refractivity contribution in [2.45, 2.75) is 25.7 Å². The van der Waals surface area contributed by atoms with E-state index in [4.69, 9.17) is 0 Å². The number of ketones is 1. The van der Waals surface area contributed by atoms with E-state index in [0.29, 0.717) is 0 Å². The zero-order valence-corrected chi connectivity index (χ0v) is 12.7. The molecule has 0 heterocycles. The highest BCUT2D eigenvalue weighted by Crippen LogP contribution is 2.22. The largest absolute Gasteiger partial charge is 0.289 e. The van der Waals surface area contributed by atoms with Crippen LogP contribution in [-0.4, -0.2) is 5.78 Å². The van der Waals surface area contributed by atoms with Crippen molar-refractivity contribution in [3.8, 4) is 0 Å². The molecule has 2 aromatic carbocycles. The quantitative estimate of drug-likeness (QED) is 0.439. The Morgan fingerprint density at radius 2 is 1.64 bits per heavy atom. The number of aryl methyl sites for hydroxylation is 2. The van der Waals surface area contributed by atoms with Crippen LogP contribution in [0.1, 0.15) is 39.9 Å². The van der Waals surface area contributed by atoms with E-state index in [9.17, 15) is 4.79 Å². The van der Waals surface area contributed by atoms with Gasteiger partial charge in [0.2, 0.25) is 0 Å². The molecule has 3 rings (SSSR count). The van der Waals surface area contributed by atoms with Gasteiger partial charge in [-0.15, -0.1) is 0 Å². The van der Waals surface area contributed by atoms with E-state index >= 15 is 0 Å². The summed E-state index contributed by atoms with van der Waals surface area (Å²) in [6.45, 7) is 0. The molecule has 0 fully saturated rings. The molecule has 0 atom stereocenters. The monoisotopic (exact) mass is 288 g/mol. The second-order valence-electron chi connectivity index (χ2n) is 5.68. The Balaban J connectivity index is 1.66. The molecule has 0 radical (unpaired) electrons. The lowest BCUT2D eigenvalue weighted by atomic mass is 9.90. The molecule has 0 amide bonds. The van der Waals surface area contributed by atoms with Crippen molar-refractivity contribution < 1.29 is 4.79 Å². The van der Waals surface area contributed by atoms with Gasteiger partial charge in [-0.25, -0.2) is 0 Å². The number of carbonyl (C=O) groups is 1. The van der Waals surface area contributed by atoms with Crippen LogP contribution in [-0.2, 0) is 12.8 Å². The Bertz CT molecular complexity index is 708. The maximum atomic E-state index is 12.2. The molecule has 2 aromatic rings. The van der Waals surface area contributed by atoms with Crippen molar-refractivity contribution in [1.29, 1.82) is 0 Å². The second-order valence-corrected chi connectivity index (χ2v) is 5.68. The molecule has 22 heavy (non-hydrogen) atoms. The van der Waals surface area contributed by atoms with Gasteiger partial charge in [0.15, 0.2) is 5.78 Å². The van der Waals surface area contributed by atoms with Gasteiger partial charge in [-0.1, -0.05) is 60.7 Å². The number of rotatable bonds is 4. The zero-order chi connectivity index (χ0) is 15.2. The van der Waals surface area contributed by atoms with Gasteiger partial charge < -0.3 is 0 Å². The summed E-state index contributed by atoms with van der Waals surface area (Å²) in [5, 5.41) is 0. The van der Waals surface area contributed by atoms with Crippen LogP contribution in [0.2, 0.25) is 0 Å². The summed E-state index contributed by atoms with van der Waals surface area (Å²) in [6, 6.07) is 16.2. The lowest BCUT2D eigenvalue weighted by Gasteiger charge is -2.15. The van der Waals surface area contributed by atoms with Gasteiger partial charge in [0.1, 0.15) is 0 Å². The maximum Gasteiger partial charge on any atom is 0.185 e. The van der Waals surface area contributed by atoms with Gasteiger partial charge in [0.25, 0.3) is 0 Å². The molecule has 0 unspecified atom stereocenters. The molecule has 0 bridgehead atoms. The molecule has 0 N–H and O–H groups in total. The maximum absolute atomic E-state index is 12.2. The summed E-state index contributed by atoms with van der Waals surface area (Å²) in [6.07, 6.45) is 12.1. The summed E-state index contributed by atoms with van der Waals surface area (Å²) >= 11 is 0. The van der Waals surface area contributed by atoms with E-state index in [2.05, 4.69) is 12.1 Å². The first kappa shape index (κ1) is 14.5. The fourth-order valence-electron chi connectivity index (χ4n) is 2.86. The molecule has 1 aliphatic carbocycles. The Labute approximate surface area is 132 Å². The first-order chi connectivity index (χ1) is 10.8. The minimum Gasteiger partial charge on any atom is -0.289 e. The molecule has 0 aromatic heterocycles. The average Bonchev–Trinajstić information content (AvgIpc) is 2.59. The predicted molar refractivity (Wildman–Crippen MR) is 92.0 cm³/mol. The Kier molecular flexibility index (Phi) is 4.65. The zero-order valence-electron chi connectivity index (χ0n) is 12.7. The van der Waals surface area contributed by atoms with Crippen LogP contribution >= 0.6 is 0 Å². The van der Waals surface area contributed by atoms with Gasteiger partial charge >= 0.3 is 0 Å². The molecule has 0 aliphatic heterocycles. The number of fused-ring (bicyclic) bond motifs is 1. The van der Waals surface area contributed by atoms with Crippen molar-refractivity contribution in [2.75, 3.05) is 0 Å². The third kappa shape index (κ3) is 3.62. The van der Waals surface area contributed by atoms with Crippen LogP contribution in [0.25, 0.3) is 6.08 Å². The highest BCUT2D eigenvalue weighted by molar-refractivity contribution is 6.04. The van der Waals surface area contributed by atoms with E-state index in [0.717, 1.165) is 24.0 Å². The first-order valence-corrected chi connectivity index (χ1v) is 7.89. The smallest absolute Gasteiger partial charge is 0.185 e. The number of benzene rings is 2. The minimum atomic E-state index is 0.0751. The van der Waals surface area contributed by atoms with E-state index in [-0.39, 0.29) is 5.78 Å². The number of hydrogen-bond donors (Lipinski definition) is 0. The van der Waals surface area contributed by atoms with Gasteiger partial charge in [-0.2, -0.15) is 0 Å². The summed E-state index contributed by atoms with van der Waals surface area (Å²) in [5.41, 5.74) is 4.69. The average molecular weight is 288 g/mol. The Morgan fingerprint density at radius 3 is 2.45 bits per heavy atom. The molecule has 1 aliphatic rings. The van der Waals surface area contributed by atoms with Crippen LogP contribution in [0.4, 0.5) is 0 Å². The third-order valence-electron chi connectivity index (χ3n) is 4.08. The number of allylic oxidation sites excluding steroid dienone is 3. The summed E-state index contributed by atoms with van der Waals surface area (Å²) in [7, 11) is 0. The first-order valence-electron chi connectivity index (χ1n) is 7.89. The fraction of sp³-hybridized carbons (Fsp3) is 0.190. The number of hydrogen-bond acceptors (Lipinski definition) is 1. The second kappa shape index (κ2) is 7.04. The Hall–Kier alpha value is -2.41. The van der Waals surface area contributed by atoms with Crippen molar-refractivity contribution in [2.24, 2.45) is 0 Å². The standard InChI is InChI=1S/C21H20O/c22-21(13-7-4-10-17-8-2-1-3-9-17)20-15-14-18-11-5-6-12-19(18)16-20/h1-4,7-10,13-16H,5-6,11-12H2/b10-4+,13-7+. The molecular formula is C21H20O. The lowest BCUT2D eigenvalue weighted by molar-refractivity contribution is 0.104. The van der Waals surface area contributed by atoms with Crippen LogP contribution in [0, 0.1) is 0 Å². The minimum absolute atomic E-state index is 0.0751. The van der Waals surface area contributed by atoms with Crippen LogP contribution in [0.3, 0.4) is 0 Å². The van der Waals surface area contributed by atoms with Crippen molar-refractivity contribution in [1.82, 2.24) is 0 Å². The molecule has 1 heteroatoms. The van der Waals surface area contributed by atoms with E-state index in [1.165, 1.54) is 24.0 Å². The third-order valence-corrected chi connectivity index (χ3v) is 4.08. The van der Waals surface area contributed by atoms with Crippen molar-refractivity contribution in [3.63, 3.8) is 0 Å². The number of carbonyl (C=O) groups excluding carboxylic acids is 1. The van der Waals surface area contributed by atoms with Gasteiger partial charge in [-0.05, 0) is 54.5 Å². The van der Waals surface area contributed by atoms with E-state index in [1.807, 2.05) is 54.6 Å². The highest BCUT2D eigenvalue weighted by atomic mass is 16.1. The van der Waals surface area contributed by atoms with Gasteiger partial charge in [-0.3, -0.25) is 4.79 Å². The summed E-state index contributed by atoms with van der Waals surface area (Å²) in [5.74, 6) is 0.0751. The van der Waals surface area contributed by atoms with E-state index in [1.54, 1.807) is 6.08 Å². The molecule has 1 nitrogen and oxygen atoms in total. The molecule has 0 saturated heterocycles. The van der Waals surface area contributed by atoms with Crippen LogP contribution in [0.15, 0.2) is 66.8 Å². The molecule has 0 saturated carbocycles. The SMILES string of the molecule is O=C(/C=C/C=C/c1ccccc1)c1ccc2c(c1)CCCC2. The topological polar surface area (TPSA) is 17.1 Å².